The molecule has 4 fully saturated rings. The van der Waals surface area contributed by atoms with Crippen LogP contribution >= 0.6 is 0 Å². The summed E-state index contributed by atoms with van der Waals surface area (Å²) in [5.74, 6) is -6.19. The van der Waals surface area contributed by atoms with Gasteiger partial charge in [-0.05, 0) is 43.8 Å². The first-order valence-corrected chi connectivity index (χ1v) is 13.2. The fourth-order valence-corrected chi connectivity index (χ4v) is 5.56. The van der Waals surface area contributed by atoms with Crippen molar-refractivity contribution in [1.29, 1.82) is 0 Å². The predicted molar refractivity (Wildman–Crippen MR) is 131 cm³/mol. The normalized spacial score (nSPS) is 29.2. The van der Waals surface area contributed by atoms with Crippen molar-refractivity contribution in [2.24, 2.45) is 11.8 Å². The number of hydrogen-bond donors (Lipinski definition) is 0. The lowest BCUT2D eigenvalue weighted by atomic mass is 9.89. The van der Waals surface area contributed by atoms with Crippen LogP contribution in [0.2, 0.25) is 0 Å². The molecule has 196 valence electrons. The van der Waals surface area contributed by atoms with Crippen LogP contribution < -0.4 is 0 Å². The van der Waals surface area contributed by atoms with Gasteiger partial charge in [0.2, 0.25) is 0 Å². The summed E-state index contributed by atoms with van der Waals surface area (Å²) in [6.45, 7) is 0. The molecule has 0 aromatic heterocycles. The Labute approximate surface area is 216 Å². The monoisotopic (exact) mass is 508 g/mol. The Morgan fingerprint density at radius 1 is 0.757 bits per heavy atom. The minimum Gasteiger partial charge on any atom is -0.422 e. The third-order valence-corrected chi connectivity index (χ3v) is 7.64. The first-order chi connectivity index (χ1) is 17.9. The van der Waals surface area contributed by atoms with E-state index in [0.717, 1.165) is 38.5 Å². The summed E-state index contributed by atoms with van der Waals surface area (Å²) in [6.07, 6.45) is 22.1. The molecule has 2 heterocycles. The maximum Gasteiger partial charge on any atom is 0.348 e. The minimum absolute atomic E-state index is 0.0845. The molecule has 0 aromatic rings. The smallest absolute Gasteiger partial charge is 0.348 e. The van der Waals surface area contributed by atoms with Crippen LogP contribution in [0, 0.1) is 11.8 Å². The average molecular weight is 509 g/mol. The van der Waals surface area contributed by atoms with Crippen LogP contribution in [0.3, 0.4) is 0 Å². The highest BCUT2D eigenvalue weighted by Crippen LogP contribution is 2.38. The first-order valence-electron chi connectivity index (χ1n) is 13.2. The Morgan fingerprint density at radius 2 is 1.32 bits per heavy atom. The van der Waals surface area contributed by atoms with E-state index < -0.39 is 41.4 Å². The van der Waals surface area contributed by atoms with Crippen LogP contribution in [0.15, 0.2) is 59.8 Å². The lowest BCUT2D eigenvalue weighted by Crippen LogP contribution is -2.50. The number of carbonyl (C=O) groups excluding carboxylic acids is 4. The Morgan fingerprint density at radius 3 is 1.86 bits per heavy atom. The van der Waals surface area contributed by atoms with Crippen LogP contribution in [-0.4, -0.2) is 35.5 Å². The lowest BCUT2D eigenvalue weighted by molar-refractivity contribution is -0.258. The van der Waals surface area contributed by atoms with E-state index in [2.05, 4.69) is 0 Å². The molecule has 2 aliphatic heterocycles. The second-order valence-corrected chi connectivity index (χ2v) is 10.3. The van der Waals surface area contributed by atoms with Gasteiger partial charge in [0.05, 0.1) is 0 Å². The summed E-state index contributed by atoms with van der Waals surface area (Å²) in [7, 11) is 0. The highest BCUT2D eigenvalue weighted by Gasteiger charge is 2.49. The van der Waals surface area contributed by atoms with Gasteiger partial charge in [-0.3, -0.25) is 9.59 Å². The predicted octanol–water partition coefficient (Wildman–Crippen LogP) is 4.66. The van der Waals surface area contributed by atoms with Gasteiger partial charge in [-0.1, -0.05) is 55.4 Å². The third-order valence-electron chi connectivity index (χ3n) is 7.64. The molecule has 0 aromatic carbocycles. The van der Waals surface area contributed by atoms with E-state index in [0.29, 0.717) is 37.7 Å². The van der Waals surface area contributed by atoms with E-state index in [-0.39, 0.29) is 11.5 Å². The summed E-state index contributed by atoms with van der Waals surface area (Å²) in [5.41, 5.74) is 0.512. The number of rotatable bonds is 4. The largest absolute Gasteiger partial charge is 0.422 e. The van der Waals surface area contributed by atoms with E-state index in [1.54, 1.807) is 12.2 Å². The van der Waals surface area contributed by atoms with Crippen LogP contribution in [0.25, 0.3) is 0 Å². The number of ether oxygens (including phenoxy) is 4. The molecule has 0 N–H and O–H groups in total. The zero-order valence-corrected chi connectivity index (χ0v) is 20.8. The highest BCUT2D eigenvalue weighted by molar-refractivity contribution is 6.15. The van der Waals surface area contributed by atoms with Gasteiger partial charge < -0.3 is 18.9 Å². The Kier molecular flexibility index (Phi) is 7.17. The molecule has 5 rings (SSSR count). The third kappa shape index (κ3) is 5.48. The van der Waals surface area contributed by atoms with E-state index in [4.69, 9.17) is 18.9 Å². The fraction of sp³-hybridized carbons (Fsp3) is 0.517. The molecule has 8 heteroatoms. The van der Waals surface area contributed by atoms with Crippen molar-refractivity contribution in [3.8, 4) is 0 Å². The van der Waals surface area contributed by atoms with Gasteiger partial charge in [0.1, 0.15) is 5.57 Å². The molecule has 2 spiro atoms. The molecule has 1 atom stereocenters. The lowest BCUT2D eigenvalue weighted by Gasteiger charge is -2.40. The molecular weight excluding hydrogens is 476 g/mol. The molecule has 3 aliphatic carbocycles. The fourth-order valence-electron chi connectivity index (χ4n) is 5.56. The van der Waals surface area contributed by atoms with Crippen molar-refractivity contribution >= 4 is 23.9 Å². The maximum atomic E-state index is 12.8. The van der Waals surface area contributed by atoms with Crippen molar-refractivity contribution in [3.05, 3.63) is 59.8 Å². The quantitative estimate of drug-likeness (QED) is 0.177. The van der Waals surface area contributed by atoms with Crippen molar-refractivity contribution in [2.45, 2.75) is 82.2 Å². The van der Waals surface area contributed by atoms with Gasteiger partial charge >= 0.3 is 23.9 Å². The molecule has 0 bridgehead atoms. The summed E-state index contributed by atoms with van der Waals surface area (Å²) in [4.78, 5) is 50.9. The van der Waals surface area contributed by atoms with Gasteiger partial charge in [-0.2, -0.15) is 0 Å². The SMILES string of the molecule is O=C1OC2(CCCCC2)OC(=O)C1=CC=C(C=CC1C(=O)OC2(CCCCC2)OC1=O)C1C=CC=CC1. The molecule has 0 radical (unpaired) electrons. The summed E-state index contributed by atoms with van der Waals surface area (Å²) in [6, 6.07) is 0. The van der Waals surface area contributed by atoms with E-state index in [1.165, 1.54) is 12.2 Å². The average Bonchev–Trinajstić information content (AvgIpc) is 2.88. The van der Waals surface area contributed by atoms with Gasteiger partial charge in [-0.15, -0.1) is 0 Å². The molecule has 1 unspecified atom stereocenters. The van der Waals surface area contributed by atoms with Gasteiger partial charge in [0.25, 0.3) is 11.6 Å². The van der Waals surface area contributed by atoms with Crippen LogP contribution in [0.5, 0.6) is 0 Å². The zero-order chi connectivity index (χ0) is 25.9. The molecule has 37 heavy (non-hydrogen) atoms. The molecule has 2 saturated heterocycles. The molecule has 0 amide bonds. The number of esters is 4. The summed E-state index contributed by atoms with van der Waals surface area (Å²) >= 11 is 0. The minimum atomic E-state index is -1.18. The van der Waals surface area contributed by atoms with E-state index >= 15 is 0 Å². The highest BCUT2D eigenvalue weighted by atomic mass is 16.8. The molecule has 8 nitrogen and oxygen atoms in total. The molecule has 5 aliphatic rings. The zero-order valence-electron chi connectivity index (χ0n) is 20.8. The Hall–Kier alpha value is -3.42. The summed E-state index contributed by atoms with van der Waals surface area (Å²) in [5, 5.41) is 0. The number of allylic oxidation sites excluding steroid dienone is 8. The Balaban J connectivity index is 1.35. The van der Waals surface area contributed by atoms with E-state index in [1.807, 2.05) is 24.3 Å². The van der Waals surface area contributed by atoms with E-state index in [9.17, 15) is 19.2 Å². The summed E-state index contributed by atoms with van der Waals surface area (Å²) < 4.78 is 22.3. The van der Waals surface area contributed by atoms with Gasteiger partial charge in [0, 0.05) is 31.6 Å². The van der Waals surface area contributed by atoms with Crippen LogP contribution in [0.4, 0.5) is 0 Å². The van der Waals surface area contributed by atoms with Gasteiger partial charge in [0.15, 0.2) is 5.92 Å². The van der Waals surface area contributed by atoms with Crippen LogP contribution in [0.1, 0.15) is 70.6 Å². The van der Waals surface area contributed by atoms with Gasteiger partial charge in [-0.25, -0.2) is 9.59 Å². The first kappa shape index (κ1) is 25.2. The standard InChI is InChI=1S/C29H32O8/c30-24-22(25(31)35-28(34-24)16-6-2-7-17-28)14-12-21(20-10-4-1-5-11-20)13-15-23-26(32)36-29(37-27(23)33)18-8-3-9-19-29/h1,4-5,10,12-15,20,22H,2-3,6-9,11,16-19H2. The van der Waals surface area contributed by atoms with Crippen molar-refractivity contribution in [1.82, 2.24) is 0 Å². The topological polar surface area (TPSA) is 105 Å². The van der Waals surface area contributed by atoms with Crippen molar-refractivity contribution < 1.29 is 38.1 Å². The number of carbonyl (C=O) groups is 4. The molecular formula is C29H32O8. The Bertz CT molecular complexity index is 1070. The van der Waals surface area contributed by atoms with Crippen molar-refractivity contribution in [3.63, 3.8) is 0 Å². The van der Waals surface area contributed by atoms with Crippen molar-refractivity contribution in [2.75, 3.05) is 0 Å². The second-order valence-electron chi connectivity index (χ2n) is 10.3. The second kappa shape index (κ2) is 10.5. The maximum absolute atomic E-state index is 12.8. The number of hydrogen-bond acceptors (Lipinski definition) is 8. The van der Waals surface area contributed by atoms with Crippen LogP contribution in [-0.2, 0) is 38.1 Å². The molecule has 2 saturated carbocycles.